The molecule has 2 aliphatic rings. The number of carbonyl (C=O) groups excluding carboxylic acids is 1. The zero-order valence-corrected chi connectivity index (χ0v) is 12.6. The van der Waals surface area contributed by atoms with E-state index in [0.29, 0.717) is 0 Å². The van der Waals surface area contributed by atoms with Crippen LogP contribution in [0.5, 0.6) is 0 Å². The highest BCUT2D eigenvalue weighted by atomic mass is 19.1. The number of carbonyl (C=O) groups is 1. The van der Waals surface area contributed by atoms with E-state index in [-0.39, 0.29) is 29.5 Å². The maximum Gasteiger partial charge on any atom is 0.315 e. The van der Waals surface area contributed by atoms with Crippen molar-refractivity contribution in [2.24, 2.45) is 0 Å². The lowest BCUT2D eigenvalue weighted by atomic mass is 9.72. The SMILES string of the molecule is O=C(NC1CCC(O)CC1)NC1(c2ccc(F)cc2)CCC1. The van der Waals surface area contributed by atoms with Crippen LogP contribution in [0.2, 0.25) is 0 Å². The normalized spacial score (nSPS) is 26.8. The van der Waals surface area contributed by atoms with Gasteiger partial charge in [0.2, 0.25) is 0 Å². The predicted molar refractivity (Wildman–Crippen MR) is 81.9 cm³/mol. The monoisotopic (exact) mass is 306 g/mol. The molecule has 0 radical (unpaired) electrons. The molecule has 2 fully saturated rings. The molecule has 0 bridgehead atoms. The van der Waals surface area contributed by atoms with Crippen molar-refractivity contribution < 1.29 is 14.3 Å². The van der Waals surface area contributed by atoms with Gasteiger partial charge in [-0.2, -0.15) is 0 Å². The van der Waals surface area contributed by atoms with Crippen molar-refractivity contribution in [1.82, 2.24) is 10.6 Å². The van der Waals surface area contributed by atoms with Gasteiger partial charge in [0.1, 0.15) is 5.82 Å². The summed E-state index contributed by atoms with van der Waals surface area (Å²) in [4.78, 5) is 12.3. The summed E-state index contributed by atoms with van der Waals surface area (Å²) in [6.45, 7) is 0. The molecule has 4 nitrogen and oxygen atoms in total. The van der Waals surface area contributed by atoms with E-state index >= 15 is 0 Å². The zero-order chi connectivity index (χ0) is 15.6. The first-order valence-corrected chi connectivity index (χ1v) is 8.10. The Hall–Kier alpha value is -1.62. The Morgan fingerprint density at radius 1 is 1.14 bits per heavy atom. The van der Waals surface area contributed by atoms with Crippen molar-refractivity contribution in [2.45, 2.75) is 62.6 Å². The summed E-state index contributed by atoms with van der Waals surface area (Å²) in [6, 6.07) is 6.37. The molecule has 0 atom stereocenters. The molecule has 0 unspecified atom stereocenters. The van der Waals surface area contributed by atoms with Crippen LogP contribution >= 0.6 is 0 Å². The standard InChI is InChI=1S/C17H23FN2O2/c18-13-4-2-12(3-5-13)17(10-1-11-17)20-16(22)19-14-6-8-15(21)9-7-14/h2-5,14-15,21H,1,6-11H2,(H2,19,20,22). The Morgan fingerprint density at radius 2 is 1.77 bits per heavy atom. The molecule has 1 aromatic carbocycles. The van der Waals surface area contributed by atoms with Crippen molar-refractivity contribution in [2.75, 3.05) is 0 Å². The quantitative estimate of drug-likeness (QED) is 0.804. The molecule has 2 saturated carbocycles. The Balaban J connectivity index is 1.60. The first-order chi connectivity index (χ1) is 10.6. The van der Waals surface area contributed by atoms with Crippen LogP contribution < -0.4 is 10.6 Å². The summed E-state index contributed by atoms with van der Waals surface area (Å²) in [7, 11) is 0. The van der Waals surface area contributed by atoms with Gasteiger partial charge in [0.25, 0.3) is 0 Å². The Bertz CT molecular complexity index is 520. The summed E-state index contributed by atoms with van der Waals surface area (Å²) in [5, 5.41) is 15.6. The molecule has 5 heteroatoms. The Labute approximate surface area is 130 Å². The summed E-state index contributed by atoms with van der Waals surface area (Å²) in [5.41, 5.74) is 0.612. The molecule has 0 spiro atoms. The lowest BCUT2D eigenvalue weighted by Crippen LogP contribution is -2.55. The van der Waals surface area contributed by atoms with Gasteiger partial charge in [-0.25, -0.2) is 9.18 Å². The molecule has 2 amide bonds. The number of aliphatic hydroxyl groups is 1. The van der Waals surface area contributed by atoms with E-state index in [9.17, 15) is 14.3 Å². The summed E-state index contributed by atoms with van der Waals surface area (Å²) in [6.07, 6.45) is 5.73. The summed E-state index contributed by atoms with van der Waals surface area (Å²) >= 11 is 0. The third-order valence-corrected chi connectivity index (χ3v) is 4.99. The van der Waals surface area contributed by atoms with Crippen molar-refractivity contribution in [1.29, 1.82) is 0 Å². The lowest BCUT2D eigenvalue weighted by Gasteiger charge is -2.43. The predicted octanol–water partition coefficient (Wildman–Crippen LogP) is 2.81. The third-order valence-electron chi connectivity index (χ3n) is 4.99. The van der Waals surface area contributed by atoms with E-state index in [1.165, 1.54) is 12.1 Å². The zero-order valence-electron chi connectivity index (χ0n) is 12.6. The number of hydrogen-bond donors (Lipinski definition) is 3. The van der Waals surface area contributed by atoms with Crippen LogP contribution in [0.4, 0.5) is 9.18 Å². The van der Waals surface area contributed by atoms with E-state index in [1.54, 1.807) is 12.1 Å². The first-order valence-electron chi connectivity index (χ1n) is 8.10. The number of halogens is 1. The highest BCUT2D eigenvalue weighted by molar-refractivity contribution is 5.75. The second-order valence-electron chi connectivity index (χ2n) is 6.55. The van der Waals surface area contributed by atoms with Gasteiger partial charge in [0.05, 0.1) is 11.6 Å². The average molecular weight is 306 g/mol. The Kier molecular flexibility index (Phi) is 4.34. The van der Waals surface area contributed by atoms with Gasteiger partial charge >= 0.3 is 6.03 Å². The largest absolute Gasteiger partial charge is 0.393 e. The molecule has 3 N–H and O–H groups in total. The number of rotatable bonds is 3. The van der Waals surface area contributed by atoms with Gasteiger partial charge in [-0.1, -0.05) is 12.1 Å². The molecule has 0 aromatic heterocycles. The third kappa shape index (κ3) is 3.24. The molecular formula is C17H23FN2O2. The minimum absolute atomic E-state index is 0.133. The highest BCUT2D eigenvalue weighted by Crippen LogP contribution is 2.41. The second kappa shape index (κ2) is 6.24. The summed E-state index contributed by atoms with van der Waals surface area (Å²) in [5.74, 6) is -0.261. The van der Waals surface area contributed by atoms with Gasteiger partial charge in [-0.3, -0.25) is 0 Å². The molecule has 1 aromatic rings. The molecule has 0 saturated heterocycles. The molecule has 0 heterocycles. The molecule has 0 aliphatic heterocycles. The number of urea groups is 1. The Morgan fingerprint density at radius 3 is 2.32 bits per heavy atom. The minimum Gasteiger partial charge on any atom is -0.393 e. The number of benzene rings is 1. The van der Waals surface area contributed by atoms with E-state index < -0.39 is 0 Å². The fraction of sp³-hybridized carbons (Fsp3) is 0.588. The number of amides is 2. The van der Waals surface area contributed by atoms with Gasteiger partial charge in [0, 0.05) is 6.04 Å². The number of nitrogens with one attached hydrogen (secondary N) is 2. The van der Waals surface area contributed by atoms with E-state index in [4.69, 9.17) is 0 Å². The smallest absolute Gasteiger partial charge is 0.315 e. The van der Waals surface area contributed by atoms with Gasteiger partial charge in [0.15, 0.2) is 0 Å². The van der Waals surface area contributed by atoms with Crippen LogP contribution in [0.15, 0.2) is 24.3 Å². The van der Waals surface area contributed by atoms with E-state index in [0.717, 1.165) is 50.5 Å². The van der Waals surface area contributed by atoms with Crippen LogP contribution in [0.25, 0.3) is 0 Å². The first kappa shape index (κ1) is 15.3. The van der Waals surface area contributed by atoms with E-state index in [2.05, 4.69) is 10.6 Å². The minimum atomic E-state index is -0.355. The van der Waals surface area contributed by atoms with Crippen molar-refractivity contribution in [3.63, 3.8) is 0 Å². The second-order valence-corrected chi connectivity index (χ2v) is 6.55. The van der Waals surface area contributed by atoms with Crippen molar-refractivity contribution >= 4 is 6.03 Å². The fourth-order valence-corrected chi connectivity index (χ4v) is 3.44. The molecular weight excluding hydrogens is 283 g/mol. The number of aliphatic hydroxyl groups excluding tert-OH is 1. The van der Waals surface area contributed by atoms with Crippen LogP contribution in [-0.2, 0) is 5.54 Å². The van der Waals surface area contributed by atoms with Crippen LogP contribution in [0.1, 0.15) is 50.5 Å². The fourth-order valence-electron chi connectivity index (χ4n) is 3.44. The average Bonchev–Trinajstić information content (AvgIpc) is 2.46. The van der Waals surface area contributed by atoms with Crippen LogP contribution in [0.3, 0.4) is 0 Å². The summed E-state index contributed by atoms with van der Waals surface area (Å²) < 4.78 is 13.1. The topological polar surface area (TPSA) is 61.4 Å². The van der Waals surface area contributed by atoms with Gasteiger partial charge in [-0.15, -0.1) is 0 Å². The van der Waals surface area contributed by atoms with E-state index in [1.807, 2.05) is 0 Å². The highest BCUT2D eigenvalue weighted by Gasteiger charge is 2.40. The maximum atomic E-state index is 13.1. The molecule has 3 rings (SSSR count). The van der Waals surface area contributed by atoms with Crippen LogP contribution in [0, 0.1) is 5.82 Å². The lowest BCUT2D eigenvalue weighted by molar-refractivity contribution is 0.115. The van der Waals surface area contributed by atoms with Crippen molar-refractivity contribution in [3.05, 3.63) is 35.6 Å². The number of hydrogen-bond acceptors (Lipinski definition) is 2. The molecule has 2 aliphatic carbocycles. The molecule has 22 heavy (non-hydrogen) atoms. The van der Waals surface area contributed by atoms with Gasteiger partial charge in [-0.05, 0) is 62.6 Å². The molecule has 120 valence electrons. The van der Waals surface area contributed by atoms with Crippen LogP contribution in [-0.4, -0.2) is 23.3 Å². The van der Waals surface area contributed by atoms with Gasteiger partial charge < -0.3 is 15.7 Å². The maximum absolute atomic E-state index is 13.1. The van der Waals surface area contributed by atoms with Crippen molar-refractivity contribution in [3.8, 4) is 0 Å².